The number of carbonyl (C=O) groups excluding carboxylic acids is 1. The zero-order chi connectivity index (χ0) is 18.6. The van der Waals surface area contributed by atoms with E-state index in [-0.39, 0.29) is 5.56 Å². The van der Waals surface area contributed by atoms with Crippen LogP contribution in [0.4, 0.5) is 0 Å². The molecule has 0 bridgehead atoms. The van der Waals surface area contributed by atoms with Crippen molar-refractivity contribution >= 4 is 11.6 Å². The lowest BCUT2D eigenvalue weighted by atomic mass is 9.99. The Morgan fingerprint density at radius 1 is 0.926 bits per heavy atom. The summed E-state index contributed by atoms with van der Waals surface area (Å²) in [5.74, 6) is -0.476. The van der Waals surface area contributed by atoms with Crippen molar-refractivity contribution in [2.75, 3.05) is 0 Å². The van der Waals surface area contributed by atoms with Crippen LogP contribution in [0, 0.1) is 0 Å². The van der Waals surface area contributed by atoms with E-state index in [1.54, 1.807) is 36.8 Å². The third-order valence-electron chi connectivity index (χ3n) is 4.31. The Bertz CT molecular complexity index is 1100. The standard InChI is InChI=1S/C21H16N4O2/c26-20(17-14-23-18-8-4-5-13-25(18)21(17)27)24-19(15-6-2-1-3-7-15)16-9-11-22-12-10-16/h1-14,19H,(H,24,26). The Kier molecular flexibility index (Phi) is 4.45. The molecule has 1 N–H and O–H groups in total. The zero-order valence-corrected chi connectivity index (χ0v) is 14.3. The van der Waals surface area contributed by atoms with Crippen LogP contribution in [0.2, 0.25) is 0 Å². The molecule has 1 aromatic carbocycles. The van der Waals surface area contributed by atoms with Crippen LogP contribution in [0.1, 0.15) is 27.5 Å². The van der Waals surface area contributed by atoms with Crippen molar-refractivity contribution < 1.29 is 4.79 Å². The molecular weight excluding hydrogens is 340 g/mol. The van der Waals surface area contributed by atoms with Crippen molar-refractivity contribution in [1.82, 2.24) is 19.7 Å². The maximum Gasteiger partial charge on any atom is 0.270 e. The monoisotopic (exact) mass is 356 g/mol. The number of hydrogen-bond acceptors (Lipinski definition) is 4. The van der Waals surface area contributed by atoms with Gasteiger partial charge in [-0.25, -0.2) is 4.98 Å². The number of hydrogen-bond donors (Lipinski definition) is 1. The van der Waals surface area contributed by atoms with Crippen LogP contribution in [-0.2, 0) is 0 Å². The Balaban J connectivity index is 1.73. The van der Waals surface area contributed by atoms with E-state index >= 15 is 0 Å². The summed E-state index contributed by atoms with van der Waals surface area (Å²) >= 11 is 0. The average Bonchev–Trinajstić information content (AvgIpc) is 2.73. The molecule has 1 amide bonds. The van der Waals surface area contributed by atoms with Crippen LogP contribution in [0.15, 0.2) is 90.2 Å². The SMILES string of the molecule is O=C(NC(c1ccccc1)c1ccncc1)c1cnc2ccccn2c1=O. The number of nitrogens with one attached hydrogen (secondary N) is 1. The largest absolute Gasteiger partial charge is 0.341 e. The third-order valence-corrected chi connectivity index (χ3v) is 4.31. The molecule has 0 aliphatic carbocycles. The Hall–Kier alpha value is -3.80. The molecule has 1 unspecified atom stereocenters. The van der Waals surface area contributed by atoms with Crippen LogP contribution in [-0.4, -0.2) is 20.3 Å². The van der Waals surface area contributed by atoms with E-state index in [1.165, 1.54) is 10.6 Å². The third kappa shape index (κ3) is 3.32. The van der Waals surface area contributed by atoms with Gasteiger partial charge in [0.05, 0.1) is 6.04 Å². The number of pyridine rings is 2. The Morgan fingerprint density at radius 2 is 1.63 bits per heavy atom. The maximum absolute atomic E-state index is 12.9. The van der Waals surface area contributed by atoms with Gasteiger partial charge in [0.2, 0.25) is 0 Å². The van der Waals surface area contributed by atoms with E-state index in [4.69, 9.17) is 0 Å². The van der Waals surface area contributed by atoms with Crippen molar-refractivity contribution in [3.8, 4) is 0 Å². The van der Waals surface area contributed by atoms with E-state index in [9.17, 15) is 9.59 Å². The molecule has 0 saturated carbocycles. The minimum Gasteiger partial charge on any atom is -0.341 e. The first-order valence-electron chi connectivity index (χ1n) is 8.46. The van der Waals surface area contributed by atoms with Crippen LogP contribution >= 0.6 is 0 Å². The van der Waals surface area contributed by atoms with Gasteiger partial charge in [0.25, 0.3) is 11.5 Å². The highest BCUT2D eigenvalue weighted by atomic mass is 16.2. The number of nitrogens with zero attached hydrogens (tertiary/aromatic N) is 3. The summed E-state index contributed by atoms with van der Waals surface area (Å²) in [6.07, 6.45) is 6.26. The molecule has 0 spiro atoms. The molecule has 0 fully saturated rings. The lowest BCUT2D eigenvalue weighted by Gasteiger charge is -2.19. The molecule has 0 radical (unpaired) electrons. The summed E-state index contributed by atoms with van der Waals surface area (Å²) in [5, 5.41) is 2.95. The Labute approximate surface area is 155 Å². The molecule has 0 aliphatic heterocycles. The van der Waals surface area contributed by atoms with Crippen LogP contribution < -0.4 is 10.9 Å². The van der Waals surface area contributed by atoms with Crippen molar-refractivity contribution in [2.24, 2.45) is 0 Å². The summed E-state index contributed by atoms with van der Waals surface area (Å²) in [5.41, 5.74) is 1.87. The molecular formula is C21H16N4O2. The average molecular weight is 356 g/mol. The van der Waals surface area contributed by atoms with E-state index in [1.807, 2.05) is 42.5 Å². The van der Waals surface area contributed by atoms with Crippen molar-refractivity contribution in [1.29, 1.82) is 0 Å². The second-order valence-electron chi connectivity index (χ2n) is 6.00. The molecule has 4 rings (SSSR count). The molecule has 0 aliphatic rings. The topological polar surface area (TPSA) is 76.4 Å². The number of carbonyl (C=O) groups is 1. The van der Waals surface area contributed by atoms with Gasteiger partial charge in [0.1, 0.15) is 11.2 Å². The fourth-order valence-corrected chi connectivity index (χ4v) is 2.95. The number of fused-ring (bicyclic) bond motifs is 1. The van der Waals surface area contributed by atoms with E-state index in [2.05, 4.69) is 15.3 Å². The first kappa shape index (κ1) is 16.7. The summed E-state index contributed by atoms with van der Waals surface area (Å²) in [7, 11) is 0. The second-order valence-corrected chi connectivity index (χ2v) is 6.00. The van der Waals surface area contributed by atoms with Crippen molar-refractivity contribution in [2.45, 2.75) is 6.04 Å². The zero-order valence-electron chi connectivity index (χ0n) is 14.3. The van der Waals surface area contributed by atoms with Crippen molar-refractivity contribution in [3.63, 3.8) is 0 Å². The van der Waals surface area contributed by atoms with Crippen LogP contribution in [0.3, 0.4) is 0 Å². The highest BCUT2D eigenvalue weighted by molar-refractivity contribution is 5.94. The molecule has 6 heteroatoms. The number of rotatable bonds is 4. The van der Waals surface area contributed by atoms with Gasteiger partial charge in [0.15, 0.2) is 0 Å². The summed E-state index contributed by atoms with van der Waals surface area (Å²) in [6.45, 7) is 0. The molecule has 27 heavy (non-hydrogen) atoms. The highest BCUT2D eigenvalue weighted by Gasteiger charge is 2.20. The highest BCUT2D eigenvalue weighted by Crippen LogP contribution is 2.21. The molecule has 3 aromatic heterocycles. The lowest BCUT2D eigenvalue weighted by molar-refractivity contribution is 0.0941. The maximum atomic E-state index is 12.9. The van der Waals surface area contributed by atoms with Crippen molar-refractivity contribution in [3.05, 3.63) is 112 Å². The van der Waals surface area contributed by atoms with Gasteiger partial charge in [-0.1, -0.05) is 36.4 Å². The van der Waals surface area contributed by atoms with E-state index in [0.717, 1.165) is 11.1 Å². The fourth-order valence-electron chi connectivity index (χ4n) is 2.95. The minimum atomic E-state index is -0.476. The number of aromatic nitrogens is 3. The summed E-state index contributed by atoms with van der Waals surface area (Å²) < 4.78 is 1.36. The van der Waals surface area contributed by atoms with Gasteiger partial charge >= 0.3 is 0 Å². The first-order valence-corrected chi connectivity index (χ1v) is 8.46. The first-order chi connectivity index (χ1) is 13.2. The van der Waals surface area contributed by atoms with Gasteiger partial charge in [-0.15, -0.1) is 0 Å². The number of amides is 1. The van der Waals surface area contributed by atoms with Gasteiger partial charge in [-0.3, -0.25) is 19.0 Å². The molecule has 132 valence electrons. The number of benzene rings is 1. The summed E-state index contributed by atoms with van der Waals surface area (Å²) in [6, 6.07) is 18.1. The molecule has 6 nitrogen and oxygen atoms in total. The molecule has 4 aromatic rings. The second kappa shape index (κ2) is 7.21. The van der Waals surface area contributed by atoms with Gasteiger partial charge in [0, 0.05) is 24.8 Å². The lowest BCUT2D eigenvalue weighted by Crippen LogP contribution is -2.34. The smallest absolute Gasteiger partial charge is 0.270 e. The van der Waals surface area contributed by atoms with E-state index in [0.29, 0.717) is 5.65 Å². The predicted molar refractivity (Wildman–Crippen MR) is 101 cm³/mol. The van der Waals surface area contributed by atoms with Gasteiger partial charge in [-0.2, -0.15) is 0 Å². The van der Waals surface area contributed by atoms with Gasteiger partial charge in [-0.05, 0) is 35.4 Å². The normalized spacial score (nSPS) is 11.9. The predicted octanol–water partition coefficient (Wildman–Crippen LogP) is 2.61. The van der Waals surface area contributed by atoms with Crippen LogP contribution in [0.5, 0.6) is 0 Å². The summed E-state index contributed by atoms with van der Waals surface area (Å²) in [4.78, 5) is 33.8. The molecule has 3 heterocycles. The van der Waals surface area contributed by atoms with E-state index < -0.39 is 17.5 Å². The molecule has 0 saturated heterocycles. The Morgan fingerprint density at radius 3 is 2.41 bits per heavy atom. The quantitative estimate of drug-likeness (QED) is 0.610. The van der Waals surface area contributed by atoms with Gasteiger partial charge < -0.3 is 5.32 Å². The van der Waals surface area contributed by atoms with Crippen LogP contribution in [0.25, 0.3) is 5.65 Å². The fraction of sp³-hybridized carbons (Fsp3) is 0.0476. The minimum absolute atomic E-state index is 0.00585. The molecule has 1 atom stereocenters.